The van der Waals surface area contributed by atoms with E-state index >= 15 is 0 Å². The number of nitrogens with two attached hydrogens (primary N) is 2. The molecular formula is C3H10CaN2O2. The molecule has 4 nitrogen and oxygen atoms in total. The van der Waals surface area contributed by atoms with Crippen molar-refractivity contribution in [3.05, 3.63) is 0 Å². The van der Waals surface area contributed by atoms with Crippen LogP contribution in [0.4, 0.5) is 0 Å². The van der Waals surface area contributed by atoms with E-state index in [9.17, 15) is 4.79 Å². The number of rotatable bonds is 1. The average Bonchev–Trinajstić information content (AvgIpc) is 1.65. The molecule has 0 aromatic rings. The number of carbonyl (C=O) groups is 1. The van der Waals surface area contributed by atoms with E-state index < -0.39 is 12.0 Å². The van der Waals surface area contributed by atoms with Gasteiger partial charge in [-0.05, 0) is 6.92 Å². The molecule has 0 radical (unpaired) electrons. The minimum atomic E-state index is -0.620. The first-order valence-electron chi connectivity index (χ1n) is 1.84. The quantitative estimate of drug-likeness (QED) is 0.326. The van der Waals surface area contributed by atoms with E-state index in [1.165, 1.54) is 6.92 Å². The molecule has 0 aromatic heterocycles. The topological polar surface area (TPSA) is 78.3 Å². The van der Waals surface area contributed by atoms with Crippen molar-refractivity contribution in [2.24, 2.45) is 11.6 Å². The van der Waals surface area contributed by atoms with Gasteiger partial charge >= 0.3 is 43.7 Å². The minimum absolute atomic E-state index is 0. The zero-order valence-electron chi connectivity index (χ0n) is 4.05. The predicted octanol–water partition coefficient (Wildman–Crippen LogP) is -2.17. The van der Waals surface area contributed by atoms with Crippen LogP contribution in [0.1, 0.15) is 6.92 Å². The van der Waals surface area contributed by atoms with Crippen molar-refractivity contribution in [3.8, 4) is 0 Å². The molecule has 0 aromatic carbocycles. The second-order valence-corrected chi connectivity index (χ2v) is 1.23. The van der Waals surface area contributed by atoms with Gasteiger partial charge in [-0.25, -0.2) is 4.79 Å². The van der Waals surface area contributed by atoms with E-state index in [1.807, 2.05) is 0 Å². The molecule has 0 spiro atoms. The Bertz CT molecular complexity index is 75.7. The first kappa shape index (κ1) is 11.4. The van der Waals surface area contributed by atoms with Crippen LogP contribution >= 0.6 is 0 Å². The molecule has 0 saturated carbocycles. The predicted molar refractivity (Wildman–Crippen MR) is 32.5 cm³/mol. The van der Waals surface area contributed by atoms with E-state index in [0.717, 1.165) is 0 Å². The van der Waals surface area contributed by atoms with Gasteiger partial charge in [-0.3, -0.25) is 0 Å². The maximum absolute atomic E-state index is 10.0. The fourth-order valence-electron chi connectivity index (χ4n) is 0.107. The number of hydrogen-bond donors (Lipinski definition) is 2. The van der Waals surface area contributed by atoms with Gasteiger partial charge in [0.05, 0.1) is 0 Å². The maximum atomic E-state index is 10.0. The summed E-state index contributed by atoms with van der Waals surface area (Å²) < 4.78 is 0. The Hall–Kier alpha value is 0.650. The summed E-state index contributed by atoms with van der Waals surface area (Å²) in [7, 11) is 0. The van der Waals surface area contributed by atoms with Crippen molar-refractivity contribution >= 4 is 43.7 Å². The molecule has 0 aliphatic rings. The number of hydrogen-bond acceptors (Lipinski definition) is 4. The molecule has 8 heavy (non-hydrogen) atoms. The molecule has 0 amide bonds. The standard InChI is InChI=1S/C3H8N2O2.Ca.2H/c1-2(4)3(6)7-5;;;/h2H,4-5H2,1H3;;;/t2-;;;/m0.../s1. The van der Waals surface area contributed by atoms with E-state index in [4.69, 9.17) is 5.73 Å². The molecule has 0 bridgehead atoms. The van der Waals surface area contributed by atoms with E-state index in [2.05, 4.69) is 10.7 Å². The Morgan fingerprint density at radius 3 is 2.12 bits per heavy atom. The summed E-state index contributed by atoms with van der Waals surface area (Å²) in [6, 6.07) is -0.620. The molecule has 5 heteroatoms. The third-order valence-electron chi connectivity index (χ3n) is 0.488. The van der Waals surface area contributed by atoms with Crippen LogP contribution in [0.5, 0.6) is 0 Å². The fraction of sp³-hybridized carbons (Fsp3) is 0.667. The second-order valence-electron chi connectivity index (χ2n) is 1.23. The van der Waals surface area contributed by atoms with Gasteiger partial charge in [-0.15, -0.1) is 0 Å². The Labute approximate surface area is 77.5 Å². The van der Waals surface area contributed by atoms with Crippen LogP contribution in [0.2, 0.25) is 0 Å². The van der Waals surface area contributed by atoms with Gasteiger partial charge in [0.1, 0.15) is 6.04 Å². The molecule has 46 valence electrons. The summed E-state index contributed by atoms with van der Waals surface area (Å²) in [5.74, 6) is 3.85. The fourth-order valence-corrected chi connectivity index (χ4v) is 0.107. The SMILES string of the molecule is C[C@H](N)C(=O)ON.[CaH2]. The van der Waals surface area contributed by atoms with Crippen LogP contribution < -0.4 is 11.6 Å². The van der Waals surface area contributed by atoms with Crippen LogP contribution in [0, 0.1) is 0 Å². The molecule has 0 rings (SSSR count). The summed E-state index contributed by atoms with van der Waals surface area (Å²) >= 11 is 0. The van der Waals surface area contributed by atoms with Crippen molar-refractivity contribution in [2.75, 3.05) is 0 Å². The average molecular weight is 146 g/mol. The van der Waals surface area contributed by atoms with Gasteiger partial charge in [-0.2, -0.15) is 5.90 Å². The van der Waals surface area contributed by atoms with Crippen molar-refractivity contribution in [2.45, 2.75) is 13.0 Å². The first-order chi connectivity index (χ1) is 3.18. The van der Waals surface area contributed by atoms with Gasteiger partial charge in [0.2, 0.25) is 0 Å². The van der Waals surface area contributed by atoms with Crippen LogP contribution in [-0.2, 0) is 9.63 Å². The normalized spacial score (nSPS) is 11.4. The van der Waals surface area contributed by atoms with Gasteiger partial charge < -0.3 is 10.6 Å². The van der Waals surface area contributed by atoms with Crippen molar-refractivity contribution in [1.29, 1.82) is 0 Å². The van der Waals surface area contributed by atoms with Gasteiger partial charge in [0.15, 0.2) is 0 Å². The van der Waals surface area contributed by atoms with E-state index in [1.54, 1.807) is 0 Å². The Morgan fingerprint density at radius 2 is 2.12 bits per heavy atom. The second kappa shape index (κ2) is 5.78. The summed E-state index contributed by atoms with van der Waals surface area (Å²) in [6.07, 6.45) is 0. The molecule has 0 fully saturated rings. The summed E-state index contributed by atoms with van der Waals surface area (Å²) in [4.78, 5) is 13.8. The molecule has 0 heterocycles. The van der Waals surface area contributed by atoms with Gasteiger partial charge in [0, 0.05) is 0 Å². The van der Waals surface area contributed by atoms with Gasteiger partial charge in [0.25, 0.3) is 0 Å². The molecule has 0 unspecified atom stereocenters. The molecule has 1 atom stereocenters. The van der Waals surface area contributed by atoms with Crippen molar-refractivity contribution in [1.82, 2.24) is 0 Å². The van der Waals surface area contributed by atoms with Crippen LogP contribution in [0.3, 0.4) is 0 Å². The summed E-state index contributed by atoms with van der Waals surface area (Å²) in [5, 5.41) is 0. The first-order valence-corrected chi connectivity index (χ1v) is 1.84. The summed E-state index contributed by atoms with van der Waals surface area (Å²) in [5.41, 5.74) is 4.99. The molecular weight excluding hydrogens is 136 g/mol. The molecule has 4 N–H and O–H groups in total. The zero-order chi connectivity index (χ0) is 5.86. The number of carbonyl (C=O) groups excluding carboxylic acids is 1. The third kappa shape index (κ3) is 4.80. The summed E-state index contributed by atoms with van der Waals surface area (Å²) in [6.45, 7) is 1.50. The van der Waals surface area contributed by atoms with E-state index in [-0.39, 0.29) is 37.7 Å². The Morgan fingerprint density at radius 1 is 1.75 bits per heavy atom. The van der Waals surface area contributed by atoms with Crippen LogP contribution in [-0.4, -0.2) is 49.7 Å². The Kier molecular flexibility index (Phi) is 8.27. The van der Waals surface area contributed by atoms with Gasteiger partial charge in [-0.1, -0.05) is 0 Å². The third-order valence-corrected chi connectivity index (χ3v) is 0.488. The Balaban J connectivity index is 0. The molecule has 0 aliphatic heterocycles. The van der Waals surface area contributed by atoms with Crippen LogP contribution in [0.15, 0.2) is 0 Å². The molecule has 0 saturated heterocycles. The van der Waals surface area contributed by atoms with E-state index in [0.29, 0.717) is 0 Å². The van der Waals surface area contributed by atoms with Crippen molar-refractivity contribution < 1.29 is 9.63 Å². The zero-order valence-corrected chi connectivity index (χ0v) is 4.05. The monoisotopic (exact) mass is 146 g/mol. The molecule has 0 aliphatic carbocycles. The van der Waals surface area contributed by atoms with Crippen molar-refractivity contribution in [3.63, 3.8) is 0 Å². The van der Waals surface area contributed by atoms with Crippen LogP contribution in [0.25, 0.3) is 0 Å².